The first kappa shape index (κ1) is 22.3. The maximum absolute atomic E-state index is 12.9. The molecule has 0 saturated carbocycles. The lowest BCUT2D eigenvalue weighted by Crippen LogP contribution is -2.33. The number of rotatable bonds is 14. The summed E-state index contributed by atoms with van der Waals surface area (Å²) in [6, 6.07) is 5.52. The molecule has 0 N–H and O–H groups in total. The second kappa shape index (κ2) is 13.5. The Bertz CT molecular complexity index is 515. The molecule has 3 nitrogen and oxygen atoms in total. The predicted octanol–water partition coefficient (Wildman–Crippen LogP) is 5.78. The lowest BCUT2D eigenvalue weighted by Gasteiger charge is -2.23. The topological polar surface area (TPSA) is 37.4 Å². The second-order valence-corrected chi connectivity index (χ2v) is 6.93. The average Bonchev–Trinajstić information content (AvgIpc) is 2.65. The molecule has 0 bridgehead atoms. The summed E-state index contributed by atoms with van der Waals surface area (Å²) in [5.74, 6) is -0.397. The van der Waals surface area contributed by atoms with Crippen molar-refractivity contribution in [2.24, 2.45) is 0 Å². The highest BCUT2D eigenvalue weighted by atomic mass is 19.1. The second-order valence-electron chi connectivity index (χ2n) is 6.93. The third kappa shape index (κ3) is 9.12. The number of ketones is 1. The molecule has 0 radical (unpaired) electrons. The molecule has 0 aliphatic heterocycles. The molecule has 0 spiro atoms. The molecular weight excluding hydrogens is 329 g/mol. The fraction of sp³-hybridized carbons (Fsp3) is 0.636. The summed E-state index contributed by atoms with van der Waals surface area (Å²) in [6.45, 7) is 5.93. The molecule has 0 saturated heterocycles. The summed E-state index contributed by atoms with van der Waals surface area (Å²) >= 11 is 0. The molecule has 1 aromatic carbocycles. The van der Waals surface area contributed by atoms with Crippen LogP contribution in [-0.4, -0.2) is 29.7 Å². The van der Waals surface area contributed by atoms with E-state index in [-0.39, 0.29) is 30.3 Å². The Hall–Kier alpha value is -1.71. The van der Waals surface area contributed by atoms with Gasteiger partial charge in [0.25, 0.3) is 0 Å². The number of halogens is 1. The van der Waals surface area contributed by atoms with Gasteiger partial charge in [0.2, 0.25) is 5.91 Å². The van der Waals surface area contributed by atoms with E-state index in [0.29, 0.717) is 5.56 Å². The van der Waals surface area contributed by atoms with Gasteiger partial charge in [0, 0.05) is 31.5 Å². The minimum absolute atomic E-state index is 0.0634. The van der Waals surface area contributed by atoms with Crippen LogP contribution in [0.25, 0.3) is 0 Å². The van der Waals surface area contributed by atoms with Crippen molar-refractivity contribution in [3.8, 4) is 0 Å². The zero-order chi connectivity index (χ0) is 19.2. The first-order chi connectivity index (χ1) is 12.6. The Balaban J connectivity index is 2.47. The van der Waals surface area contributed by atoms with Gasteiger partial charge in [0.1, 0.15) is 5.82 Å². The molecular formula is C22H34FNO2. The largest absolute Gasteiger partial charge is 0.343 e. The van der Waals surface area contributed by atoms with Gasteiger partial charge in [-0.1, -0.05) is 52.4 Å². The fourth-order valence-electron chi connectivity index (χ4n) is 2.98. The Morgan fingerprint density at radius 1 is 0.808 bits per heavy atom. The van der Waals surface area contributed by atoms with Crippen LogP contribution in [0.3, 0.4) is 0 Å². The van der Waals surface area contributed by atoms with Crippen LogP contribution in [0.1, 0.15) is 88.4 Å². The SMILES string of the molecule is CCCCCCN(CCCCCC)C(=O)CCC(=O)c1ccc(F)cc1. The summed E-state index contributed by atoms with van der Waals surface area (Å²) in [7, 11) is 0. The lowest BCUT2D eigenvalue weighted by atomic mass is 10.1. The molecule has 26 heavy (non-hydrogen) atoms. The smallest absolute Gasteiger partial charge is 0.223 e. The van der Waals surface area contributed by atoms with Crippen LogP contribution in [0, 0.1) is 5.82 Å². The number of benzene rings is 1. The van der Waals surface area contributed by atoms with Crippen molar-refractivity contribution >= 4 is 11.7 Å². The Morgan fingerprint density at radius 3 is 1.85 bits per heavy atom. The number of amides is 1. The van der Waals surface area contributed by atoms with Gasteiger partial charge in [0.15, 0.2) is 5.78 Å². The van der Waals surface area contributed by atoms with Crippen LogP contribution in [0.5, 0.6) is 0 Å². The van der Waals surface area contributed by atoms with Crippen molar-refractivity contribution in [3.63, 3.8) is 0 Å². The standard InChI is InChI=1S/C22H34FNO2/c1-3-5-7-9-17-24(18-10-8-6-4-2)22(26)16-15-21(25)19-11-13-20(23)14-12-19/h11-14H,3-10,15-18H2,1-2H3. The van der Waals surface area contributed by atoms with E-state index in [1.807, 2.05) is 4.90 Å². The quantitative estimate of drug-likeness (QED) is 0.310. The summed E-state index contributed by atoms with van der Waals surface area (Å²) < 4.78 is 12.9. The van der Waals surface area contributed by atoms with Crippen molar-refractivity contribution in [3.05, 3.63) is 35.6 Å². The number of carbonyl (C=O) groups is 2. The van der Waals surface area contributed by atoms with E-state index in [2.05, 4.69) is 13.8 Å². The minimum Gasteiger partial charge on any atom is -0.343 e. The van der Waals surface area contributed by atoms with Gasteiger partial charge in [-0.2, -0.15) is 0 Å². The van der Waals surface area contributed by atoms with Crippen LogP contribution in [0.2, 0.25) is 0 Å². The number of hydrogen-bond acceptors (Lipinski definition) is 2. The van der Waals surface area contributed by atoms with Crippen LogP contribution in [0.4, 0.5) is 4.39 Å². The molecule has 146 valence electrons. The van der Waals surface area contributed by atoms with Gasteiger partial charge in [-0.15, -0.1) is 0 Å². The molecule has 0 aliphatic rings. The van der Waals surface area contributed by atoms with Crippen molar-refractivity contribution < 1.29 is 14.0 Å². The highest BCUT2D eigenvalue weighted by Crippen LogP contribution is 2.11. The predicted molar refractivity (Wildman–Crippen MR) is 105 cm³/mol. The number of unbranched alkanes of at least 4 members (excludes halogenated alkanes) is 6. The van der Waals surface area contributed by atoms with Crippen LogP contribution in [0.15, 0.2) is 24.3 Å². The third-order valence-corrected chi connectivity index (χ3v) is 4.65. The first-order valence-electron chi connectivity index (χ1n) is 10.1. The van der Waals surface area contributed by atoms with E-state index in [9.17, 15) is 14.0 Å². The average molecular weight is 364 g/mol. The monoisotopic (exact) mass is 363 g/mol. The van der Waals surface area contributed by atoms with Crippen molar-refractivity contribution in [2.75, 3.05) is 13.1 Å². The van der Waals surface area contributed by atoms with Gasteiger partial charge < -0.3 is 4.90 Å². The molecule has 0 aliphatic carbocycles. The molecule has 0 aromatic heterocycles. The maximum Gasteiger partial charge on any atom is 0.223 e. The maximum atomic E-state index is 12.9. The third-order valence-electron chi connectivity index (χ3n) is 4.65. The van der Waals surface area contributed by atoms with Gasteiger partial charge in [-0.3, -0.25) is 9.59 Å². The summed E-state index contributed by atoms with van der Waals surface area (Å²) in [6.07, 6.45) is 9.50. The summed E-state index contributed by atoms with van der Waals surface area (Å²) in [5.41, 5.74) is 0.469. The summed E-state index contributed by atoms with van der Waals surface area (Å²) in [4.78, 5) is 26.7. The number of nitrogens with zero attached hydrogens (tertiary/aromatic N) is 1. The normalized spacial score (nSPS) is 10.7. The fourth-order valence-corrected chi connectivity index (χ4v) is 2.98. The first-order valence-corrected chi connectivity index (χ1v) is 10.1. The van der Waals surface area contributed by atoms with Crippen LogP contribution in [-0.2, 0) is 4.79 Å². The van der Waals surface area contributed by atoms with Crippen molar-refractivity contribution in [2.45, 2.75) is 78.1 Å². The minimum atomic E-state index is -0.358. The molecule has 1 amide bonds. The molecule has 1 aromatic rings. The van der Waals surface area contributed by atoms with E-state index in [1.54, 1.807) is 0 Å². The number of hydrogen-bond donors (Lipinski definition) is 0. The van der Waals surface area contributed by atoms with Gasteiger partial charge >= 0.3 is 0 Å². The number of carbonyl (C=O) groups excluding carboxylic acids is 2. The van der Waals surface area contributed by atoms with Gasteiger partial charge in [-0.25, -0.2) is 4.39 Å². The molecule has 0 fully saturated rings. The Morgan fingerprint density at radius 2 is 1.35 bits per heavy atom. The van der Waals surface area contributed by atoms with E-state index >= 15 is 0 Å². The molecule has 0 heterocycles. The highest BCUT2D eigenvalue weighted by molar-refractivity contribution is 5.97. The molecule has 0 unspecified atom stereocenters. The van der Waals surface area contributed by atoms with Crippen molar-refractivity contribution in [1.29, 1.82) is 0 Å². The van der Waals surface area contributed by atoms with E-state index in [4.69, 9.17) is 0 Å². The van der Waals surface area contributed by atoms with Crippen molar-refractivity contribution in [1.82, 2.24) is 4.90 Å². The molecule has 4 heteroatoms. The van der Waals surface area contributed by atoms with Gasteiger partial charge in [0.05, 0.1) is 0 Å². The highest BCUT2D eigenvalue weighted by Gasteiger charge is 2.15. The zero-order valence-electron chi connectivity index (χ0n) is 16.4. The summed E-state index contributed by atoms with van der Waals surface area (Å²) in [5, 5.41) is 0. The Labute approximate surface area is 158 Å². The zero-order valence-corrected chi connectivity index (χ0v) is 16.4. The van der Waals surface area contributed by atoms with Gasteiger partial charge in [-0.05, 0) is 37.1 Å². The Kier molecular flexibility index (Phi) is 11.6. The van der Waals surface area contributed by atoms with Crippen LogP contribution >= 0.6 is 0 Å². The number of Topliss-reactive ketones (excluding diaryl/α,β-unsaturated/α-hetero) is 1. The van der Waals surface area contributed by atoms with E-state index < -0.39 is 0 Å². The molecule has 0 atom stereocenters. The van der Waals surface area contributed by atoms with E-state index in [1.165, 1.54) is 49.9 Å². The molecule has 1 rings (SSSR count). The lowest BCUT2D eigenvalue weighted by molar-refractivity contribution is -0.131. The van der Waals surface area contributed by atoms with Crippen LogP contribution < -0.4 is 0 Å². The van der Waals surface area contributed by atoms with E-state index in [0.717, 1.165) is 38.8 Å².